The topological polar surface area (TPSA) is 66.5 Å². The lowest BCUT2D eigenvalue weighted by Crippen LogP contribution is -2.30. The summed E-state index contributed by atoms with van der Waals surface area (Å²) in [5.74, 6) is 0.415. The monoisotopic (exact) mass is 376 g/mol. The highest BCUT2D eigenvalue weighted by Crippen LogP contribution is 2.37. The van der Waals surface area contributed by atoms with Crippen LogP contribution in [0.2, 0.25) is 0 Å². The molecule has 0 aromatic heterocycles. The number of ketones is 1. The highest BCUT2D eigenvalue weighted by atomic mass is 16.2. The molecule has 0 bridgehead atoms. The van der Waals surface area contributed by atoms with Crippen LogP contribution in [0.3, 0.4) is 0 Å². The van der Waals surface area contributed by atoms with Crippen LogP contribution in [-0.2, 0) is 16.0 Å². The number of fused-ring (bicyclic) bond motifs is 1. The van der Waals surface area contributed by atoms with Crippen LogP contribution < -0.4 is 10.2 Å². The molecule has 5 heteroatoms. The fourth-order valence-electron chi connectivity index (χ4n) is 3.66. The van der Waals surface area contributed by atoms with E-state index in [-0.39, 0.29) is 23.5 Å². The molecule has 1 N–H and O–H groups in total. The highest BCUT2D eigenvalue weighted by Gasteiger charge is 2.36. The largest absolute Gasteiger partial charge is 0.326 e. The molecule has 1 fully saturated rings. The Morgan fingerprint density at radius 1 is 1.00 bits per heavy atom. The third kappa shape index (κ3) is 4.14. The Labute approximate surface area is 164 Å². The predicted octanol–water partition coefficient (Wildman–Crippen LogP) is 3.98. The quantitative estimate of drug-likeness (QED) is 0.744. The Kier molecular flexibility index (Phi) is 5.24. The number of rotatable bonds is 7. The van der Waals surface area contributed by atoms with Crippen molar-refractivity contribution in [2.45, 2.75) is 38.5 Å². The maximum Gasteiger partial charge on any atom is 0.230 e. The van der Waals surface area contributed by atoms with E-state index in [9.17, 15) is 14.4 Å². The minimum atomic E-state index is -0.0929. The lowest BCUT2D eigenvalue weighted by atomic mass is 10.1. The van der Waals surface area contributed by atoms with Gasteiger partial charge in [-0.15, -0.1) is 0 Å². The summed E-state index contributed by atoms with van der Waals surface area (Å²) in [5.41, 5.74) is 3.51. The number of nitrogens with one attached hydrogen (secondary N) is 1. The van der Waals surface area contributed by atoms with E-state index in [1.807, 2.05) is 41.3 Å². The minimum absolute atomic E-state index is 0.0614. The SMILES string of the molecule is O=C(CCCC(=O)c1ccccc1)Nc1ccc2c(c1)CCN2C(=O)C1CC1. The number of nitrogens with zero attached hydrogens (tertiary/aromatic N) is 1. The van der Waals surface area contributed by atoms with Crippen LogP contribution in [0.1, 0.15) is 48.0 Å². The Hall–Kier alpha value is -2.95. The number of carbonyl (C=O) groups is 3. The molecule has 1 aliphatic carbocycles. The predicted molar refractivity (Wildman–Crippen MR) is 108 cm³/mol. The van der Waals surface area contributed by atoms with E-state index in [0.29, 0.717) is 24.8 Å². The molecular formula is C23H24N2O3. The van der Waals surface area contributed by atoms with Crippen LogP contribution in [0.25, 0.3) is 0 Å². The fraction of sp³-hybridized carbons (Fsp3) is 0.348. The summed E-state index contributed by atoms with van der Waals surface area (Å²) < 4.78 is 0. The van der Waals surface area contributed by atoms with E-state index in [1.165, 1.54) is 0 Å². The van der Waals surface area contributed by atoms with Crippen molar-refractivity contribution in [2.24, 2.45) is 5.92 Å². The number of amides is 2. The maximum absolute atomic E-state index is 12.3. The molecule has 2 aromatic rings. The molecule has 0 atom stereocenters. The van der Waals surface area contributed by atoms with Gasteiger partial charge in [-0.3, -0.25) is 14.4 Å². The van der Waals surface area contributed by atoms with Crippen molar-refractivity contribution in [1.82, 2.24) is 0 Å². The van der Waals surface area contributed by atoms with E-state index >= 15 is 0 Å². The normalized spacial score (nSPS) is 15.2. The first kappa shape index (κ1) is 18.4. The number of hydrogen-bond donors (Lipinski definition) is 1. The second-order valence-electron chi connectivity index (χ2n) is 7.55. The summed E-state index contributed by atoms with van der Waals surface area (Å²) in [4.78, 5) is 38.5. The second kappa shape index (κ2) is 7.97. The summed E-state index contributed by atoms with van der Waals surface area (Å²) in [6, 6.07) is 14.9. The first-order valence-electron chi connectivity index (χ1n) is 9.94. The van der Waals surface area contributed by atoms with Crippen molar-refractivity contribution in [3.05, 3.63) is 59.7 Å². The number of Topliss-reactive ketones (excluding diaryl/α,β-unsaturated/α-hetero) is 1. The highest BCUT2D eigenvalue weighted by molar-refractivity contribution is 5.99. The van der Waals surface area contributed by atoms with Crippen LogP contribution >= 0.6 is 0 Å². The molecule has 5 nitrogen and oxygen atoms in total. The summed E-state index contributed by atoms with van der Waals surface area (Å²) in [5, 5.41) is 2.91. The molecule has 0 saturated heterocycles. The number of benzene rings is 2. The van der Waals surface area contributed by atoms with Gasteiger partial charge in [0, 0.05) is 42.2 Å². The van der Waals surface area contributed by atoms with Crippen LogP contribution in [0.15, 0.2) is 48.5 Å². The van der Waals surface area contributed by atoms with Gasteiger partial charge < -0.3 is 10.2 Å². The molecule has 28 heavy (non-hydrogen) atoms. The van der Waals surface area contributed by atoms with Gasteiger partial charge in [0.15, 0.2) is 5.78 Å². The molecule has 2 aliphatic rings. The first-order chi connectivity index (χ1) is 13.6. The van der Waals surface area contributed by atoms with E-state index in [4.69, 9.17) is 0 Å². The number of hydrogen-bond acceptors (Lipinski definition) is 3. The second-order valence-corrected chi connectivity index (χ2v) is 7.55. The van der Waals surface area contributed by atoms with Crippen molar-refractivity contribution in [3.8, 4) is 0 Å². The summed E-state index contributed by atoms with van der Waals surface area (Å²) in [6.07, 6.45) is 4.02. The molecule has 2 aromatic carbocycles. The van der Waals surface area contributed by atoms with Crippen molar-refractivity contribution in [3.63, 3.8) is 0 Å². The van der Waals surface area contributed by atoms with Crippen molar-refractivity contribution in [1.29, 1.82) is 0 Å². The van der Waals surface area contributed by atoms with Gasteiger partial charge in [-0.2, -0.15) is 0 Å². The lowest BCUT2D eigenvalue weighted by molar-refractivity contribution is -0.119. The van der Waals surface area contributed by atoms with Crippen molar-refractivity contribution >= 4 is 29.0 Å². The van der Waals surface area contributed by atoms with Gasteiger partial charge in [0.05, 0.1) is 0 Å². The zero-order chi connectivity index (χ0) is 19.5. The summed E-state index contributed by atoms with van der Waals surface area (Å²) in [7, 11) is 0. The van der Waals surface area contributed by atoms with E-state index in [2.05, 4.69) is 5.32 Å². The maximum atomic E-state index is 12.3. The summed E-state index contributed by atoms with van der Waals surface area (Å²) in [6.45, 7) is 0.726. The molecule has 1 aliphatic heterocycles. The van der Waals surface area contributed by atoms with Crippen LogP contribution in [-0.4, -0.2) is 24.1 Å². The summed E-state index contributed by atoms with van der Waals surface area (Å²) >= 11 is 0. The van der Waals surface area contributed by atoms with Gasteiger partial charge >= 0.3 is 0 Å². The Bertz CT molecular complexity index is 903. The fourth-order valence-corrected chi connectivity index (χ4v) is 3.66. The third-order valence-electron chi connectivity index (χ3n) is 5.35. The van der Waals surface area contributed by atoms with Crippen LogP contribution in [0.4, 0.5) is 11.4 Å². The van der Waals surface area contributed by atoms with Gasteiger partial charge in [-0.25, -0.2) is 0 Å². The van der Waals surface area contributed by atoms with E-state index < -0.39 is 0 Å². The van der Waals surface area contributed by atoms with E-state index in [0.717, 1.165) is 42.7 Å². The van der Waals surface area contributed by atoms with Gasteiger partial charge in [-0.1, -0.05) is 30.3 Å². The molecule has 2 amide bonds. The van der Waals surface area contributed by atoms with Crippen LogP contribution in [0, 0.1) is 5.92 Å². The van der Waals surface area contributed by atoms with Gasteiger partial charge in [0.2, 0.25) is 11.8 Å². The van der Waals surface area contributed by atoms with Crippen LogP contribution in [0.5, 0.6) is 0 Å². The zero-order valence-corrected chi connectivity index (χ0v) is 15.8. The minimum Gasteiger partial charge on any atom is -0.326 e. The molecule has 4 rings (SSSR count). The molecule has 1 saturated carbocycles. The first-order valence-corrected chi connectivity index (χ1v) is 9.94. The standard InChI is InChI=1S/C23H24N2O3/c26-21(16-5-2-1-3-6-16)7-4-8-22(27)24-19-11-12-20-18(15-19)13-14-25(20)23(28)17-9-10-17/h1-3,5-6,11-12,15,17H,4,7-10,13-14H2,(H,24,27). The molecule has 0 spiro atoms. The zero-order valence-electron chi connectivity index (χ0n) is 15.8. The average Bonchev–Trinajstić information content (AvgIpc) is 3.47. The Morgan fingerprint density at radius 3 is 2.54 bits per heavy atom. The Balaban J connectivity index is 1.28. The molecule has 0 radical (unpaired) electrons. The van der Waals surface area contributed by atoms with Gasteiger partial charge in [-0.05, 0) is 49.4 Å². The molecule has 0 unspecified atom stereocenters. The molecule has 144 valence electrons. The number of carbonyl (C=O) groups excluding carboxylic acids is 3. The van der Waals surface area contributed by atoms with Crippen molar-refractivity contribution in [2.75, 3.05) is 16.8 Å². The van der Waals surface area contributed by atoms with Crippen molar-refractivity contribution < 1.29 is 14.4 Å². The van der Waals surface area contributed by atoms with E-state index in [1.54, 1.807) is 12.1 Å². The Morgan fingerprint density at radius 2 is 1.79 bits per heavy atom. The molecule has 1 heterocycles. The smallest absolute Gasteiger partial charge is 0.230 e. The van der Waals surface area contributed by atoms with Gasteiger partial charge in [0.1, 0.15) is 0 Å². The lowest BCUT2D eigenvalue weighted by Gasteiger charge is -2.17. The van der Waals surface area contributed by atoms with Gasteiger partial charge in [0.25, 0.3) is 0 Å². The number of anilines is 2. The molecular weight excluding hydrogens is 352 g/mol. The third-order valence-corrected chi connectivity index (χ3v) is 5.35. The average molecular weight is 376 g/mol.